The third kappa shape index (κ3) is 2.56. The van der Waals surface area contributed by atoms with Crippen LogP contribution in [0.2, 0.25) is 0 Å². The van der Waals surface area contributed by atoms with Crippen molar-refractivity contribution in [3.05, 3.63) is 17.0 Å². The zero-order chi connectivity index (χ0) is 13.1. The van der Waals surface area contributed by atoms with Crippen LogP contribution in [0.1, 0.15) is 43.1 Å². The number of hydrogen-bond donors (Lipinski definition) is 1. The molecule has 0 bridgehead atoms. The molecule has 1 aromatic heterocycles. The van der Waals surface area contributed by atoms with Crippen molar-refractivity contribution >= 4 is 5.91 Å². The molecular weight excluding hydrogens is 230 g/mol. The number of aromatic amines is 1. The number of carbonyl (C=O) groups is 1. The van der Waals surface area contributed by atoms with Gasteiger partial charge in [0.05, 0.1) is 5.69 Å². The Balaban J connectivity index is 2.21. The molecule has 18 heavy (non-hydrogen) atoms. The Kier molecular flexibility index (Phi) is 4.01. The molecule has 5 nitrogen and oxygen atoms in total. The SMILES string of the molecule is COCC(=O)N1CCCc2[nH]nc(C(C)C)c2C1. The van der Waals surface area contributed by atoms with Crippen molar-refractivity contribution in [2.45, 2.75) is 39.2 Å². The summed E-state index contributed by atoms with van der Waals surface area (Å²) in [5, 5.41) is 7.50. The minimum Gasteiger partial charge on any atom is -0.375 e. The van der Waals surface area contributed by atoms with Crippen LogP contribution in [0, 0.1) is 0 Å². The highest BCUT2D eigenvalue weighted by Gasteiger charge is 2.23. The van der Waals surface area contributed by atoms with Crippen molar-refractivity contribution in [2.75, 3.05) is 20.3 Å². The van der Waals surface area contributed by atoms with E-state index in [1.807, 2.05) is 4.90 Å². The first kappa shape index (κ1) is 13.1. The van der Waals surface area contributed by atoms with Gasteiger partial charge in [-0.2, -0.15) is 5.10 Å². The van der Waals surface area contributed by atoms with Crippen LogP contribution in [-0.4, -0.2) is 41.3 Å². The van der Waals surface area contributed by atoms with E-state index in [9.17, 15) is 4.79 Å². The molecule has 0 saturated carbocycles. The van der Waals surface area contributed by atoms with Crippen molar-refractivity contribution in [3.8, 4) is 0 Å². The standard InChI is InChI=1S/C13H21N3O2/c1-9(2)13-10-7-16(12(17)8-18-3)6-4-5-11(10)14-15-13/h9H,4-8H2,1-3H3,(H,14,15). The minimum absolute atomic E-state index is 0.0567. The van der Waals surface area contributed by atoms with E-state index >= 15 is 0 Å². The summed E-state index contributed by atoms with van der Waals surface area (Å²) in [5.41, 5.74) is 3.47. The van der Waals surface area contributed by atoms with E-state index in [0.717, 1.165) is 25.1 Å². The van der Waals surface area contributed by atoms with Crippen LogP contribution in [0.25, 0.3) is 0 Å². The zero-order valence-electron chi connectivity index (χ0n) is 11.3. The van der Waals surface area contributed by atoms with Crippen molar-refractivity contribution in [1.29, 1.82) is 0 Å². The number of ether oxygens (including phenoxy) is 1. The molecule has 0 aromatic carbocycles. The first-order valence-electron chi connectivity index (χ1n) is 6.46. The highest BCUT2D eigenvalue weighted by molar-refractivity contribution is 5.77. The van der Waals surface area contributed by atoms with Gasteiger partial charge in [-0.25, -0.2) is 0 Å². The summed E-state index contributed by atoms with van der Waals surface area (Å²) in [5.74, 6) is 0.434. The summed E-state index contributed by atoms with van der Waals surface area (Å²) in [7, 11) is 1.55. The maximum atomic E-state index is 11.9. The van der Waals surface area contributed by atoms with Crippen LogP contribution in [-0.2, 0) is 22.5 Å². The molecule has 0 aliphatic carbocycles. The van der Waals surface area contributed by atoms with Gasteiger partial charge < -0.3 is 9.64 Å². The van der Waals surface area contributed by atoms with Gasteiger partial charge in [-0.1, -0.05) is 13.8 Å². The fraction of sp³-hybridized carbons (Fsp3) is 0.692. The summed E-state index contributed by atoms with van der Waals surface area (Å²) in [6.45, 7) is 5.86. The van der Waals surface area contributed by atoms with Gasteiger partial charge >= 0.3 is 0 Å². The normalized spacial score (nSPS) is 15.7. The van der Waals surface area contributed by atoms with Gasteiger partial charge in [0.15, 0.2) is 0 Å². The number of hydrogen-bond acceptors (Lipinski definition) is 3. The molecule has 100 valence electrons. The first-order valence-corrected chi connectivity index (χ1v) is 6.46. The summed E-state index contributed by atoms with van der Waals surface area (Å²) >= 11 is 0. The molecule has 1 aliphatic rings. The Morgan fingerprint density at radius 2 is 2.33 bits per heavy atom. The Bertz CT molecular complexity index is 426. The number of methoxy groups -OCH3 is 1. The quantitative estimate of drug-likeness (QED) is 0.884. The van der Waals surface area contributed by atoms with E-state index < -0.39 is 0 Å². The molecule has 1 aliphatic heterocycles. The Labute approximate surface area is 108 Å². The maximum Gasteiger partial charge on any atom is 0.248 e. The molecular formula is C13H21N3O2. The van der Waals surface area contributed by atoms with Crippen molar-refractivity contribution in [1.82, 2.24) is 15.1 Å². The molecule has 1 aromatic rings. The number of carbonyl (C=O) groups excluding carboxylic acids is 1. The topological polar surface area (TPSA) is 58.2 Å². The van der Waals surface area contributed by atoms with Gasteiger partial charge in [-0.05, 0) is 18.8 Å². The largest absolute Gasteiger partial charge is 0.375 e. The van der Waals surface area contributed by atoms with Crippen molar-refractivity contribution in [2.24, 2.45) is 0 Å². The monoisotopic (exact) mass is 251 g/mol. The molecule has 0 atom stereocenters. The lowest BCUT2D eigenvalue weighted by molar-refractivity contribution is -0.135. The molecule has 0 saturated heterocycles. The van der Waals surface area contributed by atoms with Crippen LogP contribution in [0.15, 0.2) is 0 Å². The van der Waals surface area contributed by atoms with E-state index in [1.165, 1.54) is 11.3 Å². The fourth-order valence-corrected chi connectivity index (χ4v) is 2.42. The third-order valence-corrected chi connectivity index (χ3v) is 3.36. The predicted molar refractivity (Wildman–Crippen MR) is 68.3 cm³/mol. The van der Waals surface area contributed by atoms with E-state index in [4.69, 9.17) is 4.74 Å². The maximum absolute atomic E-state index is 11.9. The van der Waals surface area contributed by atoms with E-state index in [0.29, 0.717) is 12.5 Å². The van der Waals surface area contributed by atoms with E-state index in [-0.39, 0.29) is 12.5 Å². The second kappa shape index (κ2) is 5.52. The lowest BCUT2D eigenvalue weighted by Crippen LogP contribution is -2.33. The number of fused-ring (bicyclic) bond motifs is 1. The van der Waals surface area contributed by atoms with Gasteiger partial charge in [0.1, 0.15) is 6.61 Å². The Hall–Kier alpha value is -1.36. The number of nitrogens with one attached hydrogen (secondary N) is 1. The lowest BCUT2D eigenvalue weighted by atomic mass is 10.0. The van der Waals surface area contributed by atoms with E-state index in [1.54, 1.807) is 7.11 Å². The summed E-state index contributed by atoms with van der Waals surface area (Å²) in [4.78, 5) is 13.8. The number of aromatic nitrogens is 2. The van der Waals surface area contributed by atoms with Crippen molar-refractivity contribution < 1.29 is 9.53 Å². The average Bonchev–Trinajstić information content (AvgIpc) is 2.60. The lowest BCUT2D eigenvalue weighted by Gasteiger charge is -2.20. The van der Waals surface area contributed by atoms with Gasteiger partial charge in [0, 0.05) is 31.5 Å². The van der Waals surface area contributed by atoms with Crippen molar-refractivity contribution in [3.63, 3.8) is 0 Å². The van der Waals surface area contributed by atoms with Crippen LogP contribution in [0.5, 0.6) is 0 Å². The highest BCUT2D eigenvalue weighted by atomic mass is 16.5. The van der Waals surface area contributed by atoms with Gasteiger partial charge in [0.25, 0.3) is 0 Å². The summed E-state index contributed by atoms with van der Waals surface area (Å²) in [6.07, 6.45) is 1.94. The second-order valence-electron chi connectivity index (χ2n) is 5.07. The Morgan fingerprint density at radius 1 is 1.56 bits per heavy atom. The van der Waals surface area contributed by atoms with E-state index in [2.05, 4.69) is 24.0 Å². The van der Waals surface area contributed by atoms with Crippen LogP contribution < -0.4 is 0 Å². The molecule has 0 fully saturated rings. The van der Waals surface area contributed by atoms with Crippen LogP contribution >= 0.6 is 0 Å². The first-order chi connectivity index (χ1) is 8.63. The summed E-state index contributed by atoms with van der Waals surface area (Å²) in [6, 6.07) is 0. The molecule has 2 heterocycles. The fourth-order valence-electron chi connectivity index (χ4n) is 2.42. The van der Waals surface area contributed by atoms with Crippen LogP contribution in [0.3, 0.4) is 0 Å². The Morgan fingerprint density at radius 3 is 3.00 bits per heavy atom. The van der Waals surface area contributed by atoms with Gasteiger partial charge in [0.2, 0.25) is 5.91 Å². The van der Waals surface area contributed by atoms with Crippen LogP contribution in [0.4, 0.5) is 0 Å². The smallest absolute Gasteiger partial charge is 0.248 e. The second-order valence-corrected chi connectivity index (χ2v) is 5.07. The molecule has 1 amide bonds. The summed E-state index contributed by atoms with van der Waals surface area (Å²) < 4.78 is 4.93. The number of rotatable bonds is 3. The molecule has 1 N–H and O–H groups in total. The predicted octanol–water partition coefficient (Wildman–Crippen LogP) is 1.45. The molecule has 2 rings (SSSR count). The molecule has 0 unspecified atom stereocenters. The number of amides is 1. The van der Waals surface area contributed by atoms with Gasteiger partial charge in [-0.3, -0.25) is 9.89 Å². The molecule has 5 heteroatoms. The minimum atomic E-state index is 0.0567. The van der Waals surface area contributed by atoms with Gasteiger partial charge in [-0.15, -0.1) is 0 Å². The molecule has 0 spiro atoms. The third-order valence-electron chi connectivity index (χ3n) is 3.36. The average molecular weight is 251 g/mol. The number of nitrogens with zero attached hydrogens (tertiary/aromatic N) is 2. The zero-order valence-corrected chi connectivity index (χ0v) is 11.3. The molecule has 0 radical (unpaired) electrons. The number of H-pyrrole nitrogens is 1. The number of aryl methyl sites for hydroxylation is 1. The highest BCUT2D eigenvalue weighted by Crippen LogP contribution is 2.25.